The number of carbonyl (C=O) groups is 2. The monoisotopic (exact) mass is 474 g/mol. The van der Waals surface area contributed by atoms with Crippen molar-refractivity contribution in [1.29, 1.82) is 0 Å². The number of rotatable bonds is 5. The minimum atomic E-state index is -0.891. The standard InChI is InChI=1S/C28H30N2O5/c31-20-9-8-19-15-22-28(29-23(33)14-17-4-2-1-3-5-17)11-10-21(32)26-27(28,24(19)25(20)35-26)12-13-30(22,34)16-18-6-7-18/h1-5,8-9,18,22,26,31H,6-7,10-16H2,(H,29,33)/t22-,26+,27+,28-,30?/m1/s1. The molecule has 2 aromatic rings. The SMILES string of the molecule is O=C(Cc1ccccc1)N[C@@]12CCC(=O)[C@@H]3Oc4c(O)ccc5c4[C@@]31CC[N+]([O-])(CC1CC1)[C@@H]2C5. The number of nitrogens with one attached hydrogen (secondary N) is 1. The molecule has 7 heteroatoms. The number of phenolic OH excluding ortho intramolecular Hbond substituents is 1. The highest BCUT2D eigenvalue weighted by Crippen LogP contribution is 2.66. The highest BCUT2D eigenvalue weighted by atomic mass is 16.6. The number of hydrogen-bond acceptors (Lipinski definition) is 5. The van der Waals surface area contributed by atoms with Gasteiger partial charge in [0.15, 0.2) is 23.4 Å². The Bertz CT molecular complexity index is 1240. The Morgan fingerprint density at radius 3 is 2.74 bits per heavy atom. The molecule has 5 atom stereocenters. The molecular weight excluding hydrogens is 444 g/mol. The van der Waals surface area contributed by atoms with Crippen LogP contribution in [-0.4, -0.2) is 52.2 Å². The Labute approximate surface area is 204 Å². The first-order valence-electron chi connectivity index (χ1n) is 12.8. The number of ether oxygens (including phenoxy) is 1. The van der Waals surface area contributed by atoms with E-state index in [1.165, 1.54) is 0 Å². The Kier molecular flexibility index (Phi) is 4.32. The van der Waals surface area contributed by atoms with Gasteiger partial charge in [-0.15, -0.1) is 0 Å². The summed E-state index contributed by atoms with van der Waals surface area (Å²) in [5.41, 5.74) is 1.02. The van der Waals surface area contributed by atoms with Crippen LogP contribution >= 0.6 is 0 Å². The van der Waals surface area contributed by atoms with Gasteiger partial charge in [0.1, 0.15) is 11.6 Å². The molecule has 2 aliphatic heterocycles. The molecule has 0 radical (unpaired) electrons. The van der Waals surface area contributed by atoms with Gasteiger partial charge in [0.2, 0.25) is 5.91 Å². The van der Waals surface area contributed by atoms with Crippen LogP contribution in [0.5, 0.6) is 11.5 Å². The van der Waals surface area contributed by atoms with Gasteiger partial charge < -0.3 is 25.0 Å². The lowest BCUT2D eigenvalue weighted by Crippen LogP contribution is -2.85. The predicted octanol–water partition coefficient (Wildman–Crippen LogP) is 2.90. The van der Waals surface area contributed by atoms with Gasteiger partial charge in [0, 0.05) is 30.7 Å². The van der Waals surface area contributed by atoms with Crippen molar-refractivity contribution >= 4 is 11.7 Å². The van der Waals surface area contributed by atoms with Crippen molar-refractivity contribution in [1.82, 2.24) is 5.32 Å². The third kappa shape index (κ3) is 2.79. The zero-order chi connectivity index (χ0) is 24.0. The van der Waals surface area contributed by atoms with Crippen LogP contribution < -0.4 is 10.1 Å². The third-order valence-corrected chi connectivity index (χ3v) is 9.48. The van der Waals surface area contributed by atoms with Crippen molar-refractivity contribution in [3.63, 3.8) is 0 Å². The maximum Gasteiger partial charge on any atom is 0.225 e. The van der Waals surface area contributed by atoms with E-state index in [0.717, 1.165) is 29.5 Å². The summed E-state index contributed by atoms with van der Waals surface area (Å²) < 4.78 is 5.92. The maximum absolute atomic E-state index is 14.6. The van der Waals surface area contributed by atoms with E-state index in [4.69, 9.17) is 4.74 Å². The van der Waals surface area contributed by atoms with Crippen molar-refractivity contribution in [3.05, 3.63) is 64.4 Å². The number of carbonyl (C=O) groups excluding carboxylic acids is 2. The molecule has 1 spiro atoms. The molecule has 7 rings (SSSR count). The van der Waals surface area contributed by atoms with Crippen molar-refractivity contribution in [2.75, 3.05) is 13.1 Å². The predicted molar refractivity (Wildman–Crippen MR) is 128 cm³/mol. The molecule has 2 saturated carbocycles. The molecule has 35 heavy (non-hydrogen) atoms. The van der Waals surface area contributed by atoms with Crippen LogP contribution in [0, 0.1) is 11.1 Å². The van der Waals surface area contributed by atoms with E-state index in [1.807, 2.05) is 36.4 Å². The van der Waals surface area contributed by atoms with Crippen LogP contribution in [0.1, 0.15) is 48.8 Å². The number of Topliss-reactive ketones (excluding diaryl/α,β-unsaturated/α-hetero) is 1. The number of hydroxylamine groups is 3. The second kappa shape index (κ2) is 7.08. The highest BCUT2D eigenvalue weighted by Gasteiger charge is 2.76. The largest absolute Gasteiger partial charge is 0.633 e. The number of aromatic hydroxyl groups is 1. The molecule has 2 heterocycles. The van der Waals surface area contributed by atoms with E-state index < -0.39 is 23.1 Å². The van der Waals surface area contributed by atoms with Gasteiger partial charge in [-0.1, -0.05) is 36.4 Å². The number of likely N-dealkylation sites (tertiary alicyclic amines) is 1. The van der Waals surface area contributed by atoms with Crippen LogP contribution in [0.2, 0.25) is 0 Å². The number of quaternary nitrogens is 1. The first kappa shape index (κ1) is 21.4. The van der Waals surface area contributed by atoms with Crippen molar-refractivity contribution in [3.8, 4) is 11.5 Å². The van der Waals surface area contributed by atoms with E-state index in [0.29, 0.717) is 44.0 Å². The number of hydrogen-bond donors (Lipinski definition) is 2. The van der Waals surface area contributed by atoms with Gasteiger partial charge in [0.05, 0.1) is 24.9 Å². The first-order chi connectivity index (χ1) is 16.9. The fraction of sp³-hybridized carbons (Fsp3) is 0.500. The molecule has 2 N–H and O–H groups in total. The topological polar surface area (TPSA) is 98.7 Å². The summed E-state index contributed by atoms with van der Waals surface area (Å²) in [6.45, 7) is 0.968. The number of amides is 1. The first-order valence-corrected chi connectivity index (χ1v) is 12.8. The van der Waals surface area contributed by atoms with Crippen LogP contribution in [0.25, 0.3) is 0 Å². The van der Waals surface area contributed by atoms with E-state index >= 15 is 0 Å². The average molecular weight is 475 g/mol. The second-order valence-electron chi connectivity index (χ2n) is 11.3. The number of benzene rings is 2. The van der Waals surface area contributed by atoms with Gasteiger partial charge in [-0.25, -0.2) is 0 Å². The molecule has 1 unspecified atom stereocenters. The van der Waals surface area contributed by atoms with Crippen molar-refractivity contribution in [2.24, 2.45) is 5.92 Å². The number of phenols is 1. The summed E-state index contributed by atoms with van der Waals surface area (Å²) in [6.07, 6.45) is 3.26. The van der Waals surface area contributed by atoms with Crippen molar-refractivity contribution < 1.29 is 24.1 Å². The fourth-order valence-corrected chi connectivity index (χ4v) is 7.92. The lowest BCUT2D eigenvalue weighted by atomic mass is 9.47. The van der Waals surface area contributed by atoms with Gasteiger partial charge in [-0.05, 0) is 36.5 Å². The Hall–Kier alpha value is -2.90. The van der Waals surface area contributed by atoms with E-state index in [2.05, 4.69) is 5.32 Å². The third-order valence-electron chi connectivity index (χ3n) is 9.48. The van der Waals surface area contributed by atoms with Crippen LogP contribution in [0.15, 0.2) is 42.5 Å². The van der Waals surface area contributed by atoms with Crippen molar-refractivity contribution in [2.45, 2.75) is 68.0 Å². The lowest BCUT2D eigenvalue weighted by Gasteiger charge is -2.69. The molecule has 2 bridgehead atoms. The summed E-state index contributed by atoms with van der Waals surface area (Å²) in [4.78, 5) is 26.9. The molecule has 2 aromatic carbocycles. The van der Waals surface area contributed by atoms with Crippen LogP contribution in [-0.2, 0) is 27.8 Å². The zero-order valence-corrected chi connectivity index (χ0v) is 19.7. The molecule has 7 nitrogen and oxygen atoms in total. The minimum Gasteiger partial charge on any atom is -0.633 e. The van der Waals surface area contributed by atoms with Crippen LogP contribution in [0.3, 0.4) is 0 Å². The van der Waals surface area contributed by atoms with E-state index in [9.17, 15) is 19.9 Å². The van der Waals surface area contributed by atoms with Gasteiger partial charge in [-0.3, -0.25) is 9.59 Å². The van der Waals surface area contributed by atoms with E-state index in [-0.39, 0.29) is 34.9 Å². The normalized spacial score (nSPS) is 36.3. The maximum atomic E-state index is 14.6. The molecule has 0 aromatic heterocycles. The van der Waals surface area contributed by atoms with Crippen LogP contribution in [0.4, 0.5) is 0 Å². The summed E-state index contributed by atoms with van der Waals surface area (Å²) in [7, 11) is 0. The molecular formula is C28H30N2O5. The molecule has 3 fully saturated rings. The Balaban J connectivity index is 1.39. The average Bonchev–Trinajstić information content (AvgIpc) is 3.56. The Morgan fingerprint density at radius 1 is 1.17 bits per heavy atom. The summed E-state index contributed by atoms with van der Waals surface area (Å²) in [6, 6.07) is 12.7. The number of piperidine rings is 1. The molecule has 1 amide bonds. The fourth-order valence-electron chi connectivity index (χ4n) is 7.92. The van der Waals surface area contributed by atoms with Gasteiger partial charge in [0.25, 0.3) is 0 Å². The molecule has 182 valence electrons. The summed E-state index contributed by atoms with van der Waals surface area (Å²) in [5.74, 6) is 0.695. The lowest BCUT2D eigenvalue weighted by molar-refractivity contribution is -0.920. The molecule has 1 saturated heterocycles. The van der Waals surface area contributed by atoms with Gasteiger partial charge in [-0.2, -0.15) is 0 Å². The molecule has 5 aliphatic rings. The quantitative estimate of drug-likeness (QED) is 0.513. The summed E-state index contributed by atoms with van der Waals surface area (Å²) >= 11 is 0. The molecule has 3 aliphatic carbocycles. The smallest absolute Gasteiger partial charge is 0.225 e. The van der Waals surface area contributed by atoms with Gasteiger partial charge >= 0.3 is 0 Å². The highest BCUT2D eigenvalue weighted by molar-refractivity contribution is 5.91. The minimum absolute atomic E-state index is 0.00627. The number of nitrogens with zero attached hydrogens (tertiary/aromatic N) is 1. The second-order valence-corrected chi connectivity index (χ2v) is 11.3. The zero-order valence-electron chi connectivity index (χ0n) is 19.7. The summed E-state index contributed by atoms with van der Waals surface area (Å²) in [5, 5.41) is 28.7. The number of ketones is 1. The Morgan fingerprint density at radius 2 is 1.97 bits per heavy atom. The van der Waals surface area contributed by atoms with E-state index in [1.54, 1.807) is 6.07 Å².